The van der Waals surface area contributed by atoms with Crippen molar-refractivity contribution in [1.29, 1.82) is 0 Å². The van der Waals surface area contributed by atoms with E-state index < -0.39 is 10.8 Å². The Balaban J connectivity index is 2.43. The SMILES string of the molecule is CCS(=O)CCn1c(C(C)Cl)nc2cc(Br)ccc21. The van der Waals surface area contributed by atoms with Crippen LogP contribution in [-0.4, -0.2) is 25.3 Å². The second kappa shape index (κ2) is 6.37. The van der Waals surface area contributed by atoms with Gasteiger partial charge < -0.3 is 4.57 Å². The largest absolute Gasteiger partial charge is 0.326 e. The first-order chi connectivity index (χ1) is 9.02. The standard InChI is InChI=1S/C13H16BrClN2OS/c1-3-19(18)7-6-17-12-5-4-10(14)8-11(12)16-13(17)9(2)15/h4-5,8-9H,3,6-7H2,1-2H3. The molecule has 0 radical (unpaired) electrons. The van der Waals surface area contributed by atoms with Crippen molar-refractivity contribution in [1.82, 2.24) is 9.55 Å². The van der Waals surface area contributed by atoms with Crippen LogP contribution in [0, 0.1) is 0 Å². The maximum atomic E-state index is 11.6. The van der Waals surface area contributed by atoms with Crippen LogP contribution in [-0.2, 0) is 17.3 Å². The first kappa shape index (κ1) is 15.0. The van der Waals surface area contributed by atoms with E-state index in [9.17, 15) is 4.21 Å². The fourth-order valence-electron chi connectivity index (χ4n) is 2.00. The Bertz CT molecular complexity index is 612. The summed E-state index contributed by atoms with van der Waals surface area (Å²) in [6, 6.07) is 5.98. The summed E-state index contributed by atoms with van der Waals surface area (Å²) in [6.45, 7) is 4.53. The molecule has 6 heteroatoms. The van der Waals surface area contributed by atoms with Crippen LogP contribution in [0.1, 0.15) is 25.0 Å². The molecule has 104 valence electrons. The van der Waals surface area contributed by atoms with Gasteiger partial charge >= 0.3 is 0 Å². The van der Waals surface area contributed by atoms with Gasteiger partial charge in [-0.25, -0.2) is 4.98 Å². The van der Waals surface area contributed by atoms with Crippen molar-refractivity contribution in [3.63, 3.8) is 0 Å². The van der Waals surface area contributed by atoms with E-state index in [2.05, 4.69) is 25.5 Å². The number of fused-ring (bicyclic) bond motifs is 1. The topological polar surface area (TPSA) is 34.9 Å². The van der Waals surface area contributed by atoms with Crippen LogP contribution in [0.3, 0.4) is 0 Å². The van der Waals surface area contributed by atoms with Gasteiger partial charge in [-0.05, 0) is 25.1 Å². The van der Waals surface area contributed by atoms with E-state index >= 15 is 0 Å². The minimum absolute atomic E-state index is 0.166. The average molecular weight is 364 g/mol. The number of nitrogens with zero attached hydrogens (tertiary/aromatic N) is 2. The summed E-state index contributed by atoms with van der Waals surface area (Å²) in [5.41, 5.74) is 1.96. The Morgan fingerprint density at radius 1 is 1.53 bits per heavy atom. The molecule has 19 heavy (non-hydrogen) atoms. The Morgan fingerprint density at radius 2 is 2.26 bits per heavy atom. The highest BCUT2D eigenvalue weighted by Gasteiger charge is 2.15. The van der Waals surface area contributed by atoms with Crippen LogP contribution >= 0.6 is 27.5 Å². The predicted molar refractivity (Wildman–Crippen MR) is 85.3 cm³/mol. The third-order valence-electron chi connectivity index (χ3n) is 2.96. The lowest BCUT2D eigenvalue weighted by molar-refractivity contribution is 0.669. The minimum atomic E-state index is -0.781. The summed E-state index contributed by atoms with van der Waals surface area (Å²) in [7, 11) is -0.781. The van der Waals surface area contributed by atoms with E-state index in [0.717, 1.165) is 21.3 Å². The second-order valence-corrected chi connectivity index (χ2v) is 7.74. The Morgan fingerprint density at radius 3 is 2.89 bits per heavy atom. The molecule has 2 atom stereocenters. The lowest BCUT2D eigenvalue weighted by atomic mass is 10.3. The first-order valence-electron chi connectivity index (χ1n) is 6.17. The zero-order chi connectivity index (χ0) is 14.0. The van der Waals surface area contributed by atoms with Crippen molar-refractivity contribution in [2.75, 3.05) is 11.5 Å². The van der Waals surface area contributed by atoms with Gasteiger partial charge in [-0.3, -0.25) is 4.21 Å². The molecule has 1 aromatic carbocycles. The summed E-state index contributed by atoms with van der Waals surface area (Å²) in [5.74, 6) is 2.15. The van der Waals surface area contributed by atoms with Gasteiger partial charge in [0.25, 0.3) is 0 Å². The zero-order valence-electron chi connectivity index (χ0n) is 10.9. The Hall–Kier alpha value is -0.390. The molecule has 1 heterocycles. The van der Waals surface area contributed by atoms with Crippen LogP contribution in [0.5, 0.6) is 0 Å². The van der Waals surface area contributed by atoms with Crippen molar-refractivity contribution < 1.29 is 4.21 Å². The molecule has 0 aliphatic rings. The van der Waals surface area contributed by atoms with E-state index in [1.807, 2.05) is 32.0 Å². The molecule has 2 aromatic rings. The third kappa shape index (κ3) is 3.38. The molecule has 0 aliphatic carbocycles. The average Bonchev–Trinajstić information content (AvgIpc) is 2.73. The first-order valence-corrected chi connectivity index (χ1v) is 8.89. The number of alkyl halides is 1. The second-order valence-electron chi connectivity index (χ2n) is 4.30. The lowest BCUT2D eigenvalue weighted by Crippen LogP contribution is -2.12. The summed E-state index contributed by atoms with van der Waals surface area (Å²) >= 11 is 9.64. The zero-order valence-corrected chi connectivity index (χ0v) is 14.1. The molecule has 0 N–H and O–H groups in total. The van der Waals surface area contributed by atoms with E-state index in [1.54, 1.807) is 0 Å². The number of hydrogen-bond donors (Lipinski definition) is 0. The maximum absolute atomic E-state index is 11.6. The molecule has 0 fully saturated rings. The number of halogens is 2. The highest BCUT2D eigenvalue weighted by Crippen LogP contribution is 2.26. The van der Waals surface area contributed by atoms with Crippen LogP contribution in [0.2, 0.25) is 0 Å². The van der Waals surface area contributed by atoms with Crippen molar-refractivity contribution in [2.45, 2.75) is 25.8 Å². The van der Waals surface area contributed by atoms with Crippen molar-refractivity contribution in [3.05, 3.63) is 28.5 Å². The van der Waals surface area contributed by atoms with Crippen molar-refractivity contribution in [2.24, 2.45) is 0 Å². The molecule has 0 spiro atoms. The maximum Gasteiger partial charge on any atom is 0.127 e. The van der Waals surface area contributed by atoms with Gasteiger partial charge in [0.05, 0.1) is 16.4 Å². The molecule has 0 saturated carbocycles. The quantitative estimate of drug-likeness (QED) is 0.756. The molecule has 3 nitrogen and oxygen atoms in total. The summed E-state index contributed by atoms with van der Waals surface area (Å²) in [4.78, 5) is 4.58. The van der Waals surface area contributed by atoms with Gasteiger partial charge in [0.15, 0.2) is 0 Å². The minimum Gasteiger partial charge on any atom is -0.326 e. The van der Waals surface area contributed by atoms with Gasteiger partial charge in [0, 0.05) is 33.3 Å². The number of rotatable bonds is 5. The van der Waals surface area contributed by atoms with Gasteiger partial charge in [0.1, 0.15) is 5.82 Å². The normalized spacial score (nSPS) is 14.7. The third-order valence-corrected chi connectivity index (χ3v) is 4.93. The number of hydrogen-bond acceptors (Lipinski definition) is 2. The monoisotopic (exact) mass is 362 g/mol. The predicted octanol–water partition coefficient (Wildman–Crippen LogP) is 3.87. The smallest absolute Gasteiger partial charge is 0.127 e. The number of benzene rings is 1. The van der Waals surface area contributed by atoms with Crippen molar-refractivity contribution >= 4 is 49.4 Å². The van der Waals surface area contributed by atoms with E-state index in [0.29, 0.717) is 18.1 Å². The molecule has 0 bridgehead atoms. The van der Waals surface area contributed by atoms with E-state index in [1.165, 1.54) is 0 Å². The van der Waals surface area contributed by atoms with E-state index in [-0.39, 0.29) is 5.38 Å². The Kier molecular flexibility index (Phi) is 5.03. The Labute approximate surface area is 128 Å². The van der Waals surface area contributed by atoms with Crippen molar-refractivity contribution in [3.8, 4) is 0 Å². The van der Waals surface area contributed by atoms with Gasteiger partial charge in [0.2, 0.25) is 0 Å². The molecule has 2 unspecified atom stereocenters. The molecule has 1 aromatic heterocycles. The van der Waals surface area contributed by atoms with Gasteiger partial charge in [-0.15, -0.1) is 11.6 Å². The summed E-state index contributed by atoms with van der Waals surface area (Å²) in [6.07, 6.45) is 0. The number of aromatic nitrogens is 2. The summed E-state index contributed by atoms with van der Waals surface area (Å²) < 4.78 is 14.7. The van der Waals surface area contributed by atoms with Crippen LogP contribution in [0.4, 0.5) is 0 Å². The summed E-state index contributed by atoms with van der Waals surface area (Å²) in [5, 5.41) is -0.166. The highest BCUT2D eigenvalue weighted by atomic mass is 79.9. The molecule has 0 saturated heterocycles. The van der Waals surface area contributed by atoms with Crippen LogP contribution in [0.25, 0.3) is 11.0 Å². The molecular formula is C13H16BrClN2OS. The fourth-order valence-corrected chi connectivity index (χ4v) is 3.19. The lowest BCUT2D eigenvalue weighted by Gasteiger charge is -2.10. The molecule has 0 amide bonds. The van der Waals surface area contributed by atoms with Crippen LogP contribution in [0.15, 0.2) is 22.7 Å². The van der Waals surface area contributed by atoms with Gasteiger partial charge in [-0.1, -0.05) is 22.9 Å². The number of aryl methyl sites for hydroxylation is 1. The fraction of sp³-hybridized carbons (Fsp3) is 0.462. The molecule has 0 aliphatic heterocycles. The van der Waals surface area contributed by atoms with Gasteiger partial charge in [-0.2, -0.15) is 0 Å². The molecular weight excluding hydrogens is 348 g/mol. The van der Waals surface area contributed by atoms with E-state index in [4.69, 9.17) is 11.6 Å². The highest BCUT2D eigenvalue weighted by molar-refractivity contribution is 9.10. The van der Waals surface area contributed by atoms with Crippen LogP contribution < -0.4 is 0 Å². The molecule has 2 rings (SSSR count). The number of imidazole rings is 1.